The molecule has 0 radical (unpaired) electrons. The molecule has 1 unspecified atom stereocenters. The van der Waals surface area contributed by atoms with Crippen molar-refractivity contribution >= 4 is 5.97 Å². The van der Waals surface area contributed by atoms with Crippen molar-refractivity contribution < 1.29 is 23.0 Å². The molecule has 2 nitrogen and oxygen atoms in total. The Morgan fingerprint density at radius 1 is 0.941 bits per heavy atom. The molecule has 0 aromatic rings. The van der Waals surface area contributed by atoms with Crippen LogP contribution < -0.4 is 0 Å². The predicted octanol–water partition coefficient (Wildman–Crippen LogP) is 4.23. The lowest BCUT2D eigenvalue weighted by atomic mass is 10.1. The van der Waals surface area contributed by atoms with Gasteiger partial charge in [-0.2, -0.15) is 0 Å². The molecule has 0 aromatic heterocycles. The van der Waals surface area contributed by atoms with Crippen LogP contribution in [0.5, 0.6) is 0 Å². The lowest BCUT2D eigenvalue weighted by Crippen LogP contribution is -2.15. The molecule has 0 aliphatic carbocycles. The molecule has 0 spiro atoms. The van der Waals surface area contributed by atoms with Gasteiger partial charge in [0, 0.05) is 4.53 Å². The van der Waals surface area contributed by atoms with Gasteiger partial charge in [0.25, 0.3) is 0 Å². The van der Waals surface area contributed by atoms with Crippen LogP contribution in [0.4, 0.5) is 13.3 Å². The highest BCUT2D eigenvalue weighted by molar-refractivity contribution is 5.73. The van der Waals surface area contributed by atoms with Gasteiger partial charge in [0.05, 0.1) is 6.67 Å². The molecule has 0 aliphatic heterocycles. The van der Waals surface area contributed by atoms with Gasteiger partial charge in [-0.3, -0.25) is 9.33 Å². The van der Waals surface area contributed by atoms with E-state index in [2.05, 4.69) is 4.94 Å². The van der Waals surface area contributed by atoms with Gasteiger partial charge in [-0.15, -0.1) is 0 Å². The Labute approximate surface area is 100 Å². The van der Waals surface area contributed by atoms with Crippen molar-refractivity contribution in [2.75, 3.05) is 6.67 Å². The van der Waals surface area contributed by atoms with Crippen LogP contribution in [0.1, 0.15) is 57.8 Å². The maximum Gasteiger partial charge on any atom is 0.382 e. The maximum absolute atomic E-state index is 12.8. The van der Waals surface area contributed by atoms with Gasteiger partial charge in [-0.25, -0.2) is 9.18 Å². The fourth-order valence-corrected chi connectivity index (χ4v) is 1.64. The van der Waals surface area contributed by atoms with Gasteiger partial charge in [-0.1, -0.05) is 38.5 Å². The van der Waals surface area contributed by atoms with Crippen LogP contribution in [0.25, 0.3) is 0 Å². The minimum atomic E-state index is -1.84. The molecule has 1 atom stereocenters. The Kier molecular flexibility index (Phi) is 11.2. The zero-order chi connectivity index (χ0) is 12.9. The average Bonchev–Trinajstić information content (AvgIpc) is 2.35. The van der Waals surface area contributed by atoms with Gasteiger partial charge < -0.3 is 0 Å². The molecule has 0 saturated heterocycles. The molecule has 17 heavy (non-hydrogen) atoms. The van der Waals surface area contributed by atoms with E-state index in [0.29, 0.717) is 12.8 Å². The average molecular weight is 254 g/mol. The summed E-state index contributed by atoms with van der Waals surface area (Å²) in [6.07, 6.45) is 5.21. The van der Waals surface area contributed by atoms with Crippen LogP contribution in [0.15, 0.2) is 0 Å². The summed E-state index contributed by atoms with van der Waals surface area (Å²) in [5, 5.41) is 0. The van der Waals surface area contributed by atoms with E-state index in [0.717, 1.165) is 38.5 Å². The Bertz CT molecular complexity index is 189. The van der Waals surface area contributed by atoms with E-state index < -0.39 is 12.1 Å². The van der Waals surface area contributed by atoms with Crippen molar-refractivity contribution in [3.8, 4) is 0 Å². The minimum Gasteiger partial charge on any atom is -0.252 e. The van der Waals surface area contributed by atoms with Crippen molar-refractivity contribution in [1.29, 1.82) is 0 Å². The Morgan fingerprint density at radius 3 is 1.88 bits per heavy atom. The van der Waals surface area contributed by atoms with E-state index in [1.54, 1.807) is 0 Å². The number of hydrogen-bond acceptors (Lipinski definition) is 2. The molecular weight excluding hydrogens is 233 g/mol. The molecule has 102 valence electrons. The van der Waals surface area contributed by atoms with Gasteiger partial charge >= 0.3 is 5.97 Å². The first-order chi connectivity index (χ1) is 8.22. The monoisotopic (exact) mass is 254 g/mol. The molecule has 0 aromatic carbocycles. The van der Waals surface area contributed by atoms with E-state index in [1.807, 2.05) is 0 Å². The molecule has 0 amide bonds. The number of rotatable bonds is 11. The third-order valence-corrected chi connectivity index (χ3v) is 2.67. The van der Waals surface area contributed by atoms with Crippen molar-refractivity contribution in [2.45, 2.75) is 64.0 Å². The van der Waals surface area contributed by atoms with Gasteiger partial charge in [-0.05, 0) is 19.3 Å². The summed E-state index contributed by atoms with van der Waals surface area (Å²) >= 11 is 0. The third-order valence-electron chi connectivity index (χ3n) is 2.67. The summed E-state index contributed by atoms with van der Waals surface area (Å²) in [4.78, 5) is 13.2. The minimum absolute atomic E-state index is 0.0185. The topological polar surface area (TPSA) is 26.3 Å². The van der Waals surface area contributed by atoms with Crippen LogP contribution in [0.2, 0.25) is 0 Å². The first-order valence-electron chi connectivity index (χ1n) is 6.24. The van der Waals surface area contributed by atoms with E-state index in [-0.39, 0.29) is 13.1 Å². The van der Waals surface area contributed by atoms with Crippen molar-refractivity contribution in [1.82, 2.24) is 0 Å². The number of carbonyl (C=O) groups is 1. The second-order valence-electron chi connectivity index (χ2n) is 4.17. The van der Waals surface area contributed by atoms with Crippen LogP contribution in [-0.2, 0) is 9.74 Å². The highest BCUT2D eigenvalue weighted by Gasteiger charge is 2.18. The Hall–Kier alpha value is -0.740. The van der Waals surface area contributed by atoms with E-state index in [1.165, 1.54) is 0 Å². The molecule has 0 rings (SSSR count). The number of carbonyl (C=O) groups excluding carboxylic acids is 1. The number of halogens is 3. The fourth-order valence-electron chi connectivity index (χ4n) is 1.64. The van der Waals surface area contributed by atoms with E-state index >= 15 is 0 Å². The third kappa shape index (κ3) is 10.1. The summed E-state index contributed by atoms with van der Waals surface area (Å²) in [6.45, 7) is -0.247. The zero-order valence-corrected chi connectivity index (χ0v) is 10.1. The molecule has 5 heteroatoms. The zero-order valence-electron chi connectivity index (χ0n) is 10.1. The van der Waals surface area contributed by atoms with Crippen molar-refractivity contribution in [3.63, 3.8) is 0 Å². The largest absolute Gasteiger partial charge is 0.382 e. The predicted molar refractivity (Wildman–Crippen MR) is 59.6 cm³/mol. The number of hydrogen-bond donors (Lipinski definition) is 0. The van der Waals surface area contributed by atoms with Crippen LogP contribution >= 0.6 is 0 Å². The van der Waals surface area contributed by atoms with E-state index in [9.17, 15) is 18.1 Å². The smallest absolute Gasteiger partial charge is 0.252 e. The van der Waals surface area contributed by atoms with Crippen LogP contribution in [-0.4, -0.2) is 18.8 Å². The van der Waals surface area contributed by atoms with Crippen LogP contribution in [0, 0.1) is 0 Å². The fraction of sp³-hybridized carbons (Fsp3) is 0.917. The molecule has 0 heterocycles. The molecule has 0 bridgehead atoms. The summed E-state index contributed by atoms with van der Waals surface area (Å²) in [6, 6.07) is 0. The lowest BCUT2D eigenvalue weighted by Gasteiger charge is -2.03. The second kappa shape index (κ2) is 11.7. The van der Waals surface area contributed by atoms with Crippen molar-refractivity contribution in [2.24, 2.45) is 0 Å². The quantitative estimate of drug-likeness (QED) is 0.516. The molecule has 0 N–H and O–H groups in total. The van der Waals surface area contributed by atoms with Gasteiger partial charge in [0.2, 0.25) is 6.17 Å². The summed E-state index contributed by atoms with van der Waals surface area (Å²) < 4.78 is 35.8. The highest BCUT2D eigenvalue weighted by atomic mass is 19.3. The van der Waals surface area contributed by atoms with Crippen LogP contribution in [0.3, 0.4) is 0 Å². The summed E-state index contributed by atoms with van der Waals surface area (Å²) in [7, 11) is 0. The standard InChI is InChI=1S/C12H21F3O2/c13-10-8-6-4-2-1-3-5-7-9-11(14)12(16)17-15/h11H,1-10H2. The summed E-state index contributed by atoms with van der Waals surface area (Å²) in [5.74, 6) is -1.43. The molecule has 0 fully saturated rings. The van der Waals surface area contributed by atoms with Gasteiger partial charge in [0.15, 0.2) is 0 Å². The Balaban J connectivity index is 3.15. The molecule has 0 saturated carbocycles. The highest BCUT2D eigenvalue weighted by Crippen LogP contribution is 2.12. The van der Waals surface area contributed by atoms with Gasteiger partial charge in [0.1, 0.15) is 0 Å². The maximum atomic E-state index is 12.8. The first kappa shape index (κ1) is 16.3. The molecule has 0 aliphatic rings. The lowest BCUT2D eigenvalue weighted by molar-refractivity contribution is -0.190. The SMILES string of the molecule is O=C(OF)C(F)CCCCCCCCCCF. The van der Waals surface area contributed by atoms with Crippen molar-refractivity contribution in [3.05, 3.63) is 0 Å². The first-order valence-corrected chi connectivity index (χ1v) is 6.24. The number of alkyl halides is 2. The molecular formula is C12H21F3O2. The summed E-state index contributed by atoms with van der Waals surface area (Å²) in [5.41, 5.74) is 0. The number of unbranched alkanes of at least 4 members (excludes halogenated alkanes) is 7. The normalized spacial score (nSPS) is 12.4. The second-order valence-corrected chi connectivity index (χ2v) is 4.17. The van der Waals surface area contributed by atoms with E-state index in [4.69, 9.17) is 0 Å². The Morgan fingerprint density at radius 2 is 1.41 bits per heavy atom.